The molecule has 0 radical (unpaired) electrons. The minimum Gasteiger partial charge on any atom is -0.462 e. The van der Waals surface area contributed by atoms with Gasteiger partial charge in [-0.2, -0.15) is 0 Å². The van der Waals surface area contributed by atoms with Gasteiger partial charge in [0.05, 0.1) is 24.6 Å². The van der Waals surface area contributed by atoms with Crippen molar-refractivity contribution in [3.63, 3.8) is 0 Å². The summed E-state index contributed by atoms with van der Waals surface area (Å²) < 4.78 is 10.5. The molecule has 2 N–H and O–H groups in total. The van der Waals surface area contributed by atoms with Crippen molar-refractivity contribution >= 4 is 46.0 Å². The topological polar surface area (TPSA) is 76.7 Å². The van der Waals surface area contributed by atoms with Gasteiger partial charge >= 0.3 is 11.9 Å². The molecule has 0 aliphatic heterocycles. The number of carbonyl (C=O) groups excluding carboxylic acids is 2. The lowest BCUT2D eigenvalue weighted by atomic mass is 10.2. The van der Waals surface area contributed by atoms with E-state index < -0.39 is 11.9 Å². The van der Waals surface area contributed by atoms with Crippen molar-refractivity contribution in [2.24, 2.45) is 0 Å². The minimum atomic E-state index is -0.496. The highest BCUT2D eigenvalue weighted by atomic mass is 32.1. The van der Waals surface area contributed by atoms with Crippen LogP contribution in [0.25, 0.3) is 0 Å². The maximum atomic E-state index is 12.7. The molecule has 0 atom stereocenters. The van der Waals surface area contributed by atoms with Crippen molar-refractivity contribution in [3.05, 3.63) is 69.4 Å². The Balaban J connectivity index is 2.13. The first-order valence-corrected chi connectivity index (χ1v) is 10.9. The molecular formula is C24H26N2O4S. The summed E-state index contributed by atoms with van der Waals surface area (Å²) in [4.78, 5) is 26.1. The molecule has 1 heterocycles. The number of carbonyl (C=O) groups is 2. The van der Waals surface area contributed by atoms with E-state index in [1.165, 1.54) is 0 Å². The first-order valence-electron chi connectivity index (χ1n) is 10.1. The minimum absolute atomic E-state index is 0.232. The summed E-state index contributed by atoms with van der Waals surface area (Å²) in [6.45, 7) is 7.96. The lowest BCUT2D eigenvalue weighted by molar-refractivity contribution is 0.0526. The van der Waals surface area contributed by atoms with Gasteiger partial charge in [0, 0.05) is 11.4 Å². The molecule has 1 aromatic heterocycles. The summed E-state index contributed by atoms with van der Waals surface area (Å²) in [5.41, 5.74) is 4.78. The molecule has 0 saturated carbocycles. The number of anilines is 4. The third-order valence-electron chi connectivity index (χ3n) is 4.47. The third-order valence-corrected chi connectivity index (χ3v) is 5.62. The number of hydrogen-bond donors (Lipinski definition) is 2. The van der Waals surface area contributed by atoms with E-state index in [9.17, 15) is 9.59 Å². The van der Waals surface area contributed by atoms with Crippen LogP contribution in [0, 0.1) is 13.8 Å². The molecule has 0 unspecified atom stereocenters. The maximum absolute atomic E-state index is 12.7. The Morgan fingerprint density at radius 2 is 1.06 bits per heavy atom. The Hall–Kier alpha value is -3.32. The fraction of sp³-hybridized carbons (Fsp3) is 0.250. The monoisotopic (exact) mass is 438 g/mol. The summed E-state index contributed by atoms with van der Waals surface area (Å²) in [6.07, 6.45) is 0. The van der Waals surface area contributed by atoms with E-state index in [0.717, 1.165) is 33.8 Å². The van der Waals surface area contributed by atoms with Gasteiger partial charge in [0.1, 0.15) is 9.75 Å². The highest BCUT2D eigenvalue weighted by molar-refractivity contribution is 7.17. The van der Waals surface area contributed by atoms with Gasteiger partial charge in [0.25, 0.3) is 0 Å². The maximum Gasteiger partial charge on any atom is 0.350 e. The predicted octanol–water partition coefficient (Wildman–Crippen LogP) is 6.21. The standard InChI is InChI=1S/C24H26N2O4S/c1-5-29-23(27)21-19(25-17-11-7-15(3)8-12-17)20(22(31-21)24(28)30-6-2)26-18-13-9-16(4)10-14-18/h7-14,25-26H,5-6H2,1-4H3. The van der Waals surface area contributed by atoms with Crippen LogP contribution in [0.3, 0.4) is 0 Å². The highest BCUT2D eigenvalue weighted by Gasteiger charge is 2.28. The predicted molar refractivity (Wildman–Crippen MR) is 125 cm³/mol. The molecule has 3 aromatic rings. The van der Waals surface area contributed by atoms with E-state index in [1.54, 1.807) is 13.8 Å². The van der Waals surface area contributed by atoms with Crippen molar-refractivity contribution in [2.45, 2.75) is 27.7 Å². The van der Waals surface area contributed by atoms with Gasteiger partial charge in [0.15, 0.2) is 0 Å². The van der Waals surface area contributed by atoms with Gasteiger partial charge < -0.3 is 20.1 Å². The summed E-state index contributed by atoms with van der Waals surface area (Å²) >= 11 is 1.05. The summed E-state index contributed by atoms with van der Waals surface area (Å²) in [7, 11) is 0. The van der Waals surface area contributed by atoms with Gasteiger partial charge in [-0.3, -0.25) is 0 Å². The molecule has 2 aromatic carbocycles. The third kappa shape index (κ3) is 5.44. The molecule has 0 bridgehead atoms. The Bertz CT molecular complexity index is 972. The van der Waals surface area contributed by atoms with E-state index in [1.807, 2.05) is 62.4 Å². The smallest absolute Gasteiger partial charge is 0.350 e. The molecule has 31 heavy (non-hydrogen) atoms. The molecule has 0 amide bonds. The number of ether oxygens (including phenoxy) is 2. The van der Waals surface area contributed by atoms with Crippen LogP contribution in [0.4, 0.5) is 22.7 Å². The number of esters is 2. The fourth-order valence-corrected chi connectivity index (χ4v) is 3.91. The number of benzene rings is 2. The lowest BCUT2D eigenvalue weighted by Gasteiger charge is -2.14. The molecule has 0 aliphatic rings. The van der Waals surface area contributed by atoms with Crippen LogP contribution < -0.4 is 10.6 Å². The Morgan fingerprint density at radius 3 is 1.39 bits per heavy atom. The van der Waals surface area contributed by atoms with Crippen LogP contribution in [0.1, 0.15) is 44.3 Å². The average Bonchev–Trinajstić information content (AvgIpc) is 3.10. The second-order valence-electron chi connectivity index (χ2n) is 6.93. The zero-order chi connectivity index (χ0) is 22.4. The number of thiophene rings is 1. The number of hydrogen-bond acceptors (Lipinski definition) is 7. The SMILES string of the molecule is CCOC(=O)c1sc(C(=O)OCC)c(Nc2ccc(C)cc2)c1Nc1ccc(C)cc1. The number of rotatable bonds is 8. The van der Waals surface area contributed by atoms with Crippen LogP contribution in [-0.2, 0) is 9.47 Å². The molecule has 3 rings (SSSR count). The van der Waals surface area contributed by atoms with Crippen LogP contribution in [0.2, 0.25) is 0 Å². The Morgan fingerprint density at radius 1 is 0.710 bits per heavy atom. The van der Waals surface area contributed by atoms with Gasteiger partial charge in [-0.1, -0.05) is 35.4 Å². The molecule has 7 heteroatoms. The van der Waals surface area contributed by atoms with Crippen LogP contribution in [0.5, 0.6) is 0 Å². The highest BCUT2D eigenvalue weighted by Crippen LogP contribution is 2.42. The van der Waals surface area contributed by atoms with Gasteiger partial charge in [-0.25, -0.2) is 9.59 Å². The lowest BCUT2D eigenvalue weighted by Crippen LogP contribution is -2.07. The second-order valence-corrected chi connectivity index (χ2v) is 7.95. The van der Waals surface area contributed by atoms with Crippen molar-refractivity contribution in [1.29, 1.82) is 0 Å². The summed E-state index contributed by atoms with van der Waals surface area (Å²) in [6, 6.07) is 15.6. The van der Waals surface area contributed by atoms with Gasteiger partial charge in [-0.15, -0.1) is 11.3 Å². The first kappa shape index (κ1) is 22.4. The second kappa shape index (κ2) is 10.1. The molecule has 0 aliphatic carbocycles. The Labute approximate surface area is 186 Å². The van der Waals surface area contributed by atoms with E-state index in [4.69, 9.17) is 9.47 Å². The zero-order valence-corrected chi connectivity index (χ0v) is 18.9. The van der Waals surface area contributed by atoms with Crippen LogP contribution >= 0.6 is 11.3 Å². The van der Waals surface area contributed by atoms with Crippen LogP contribution in [-0.4, -0.2) is 25.2 Å². The normalized spacial score (nSPS) is 10.5. The largest absolute Gasteiger partial charge is 0.462 e. The molecule has 162 valence electrons. The van der Waals surface area contributed by atoms with Crippen molar-refractivity contribution in [1.82, 2.24) is 0 Å². The Kier molecular flexibility index (Phi) is 7.31. The molecular weight excluding hydrogens is 412 g/mol. The number of nitrogens with one attached hydrogen (secondary N) is 2. The number of aryl methyl sites for hydroxylation is 2. The summed E-state index contributed by atoms with van der Waals surface area (Å²) in [5.74, 6) is -0.991. The first-order chi connectivity index (χ1) is 14.9. The molecule has 0 spiro atoms. The quantitative estimate of drug-likeness (QED) is 0.408. The molecule has 0 saturated heterocycles. The average molecular weight is 439 g/mol. The fourth-order valence-electron chi connectivity index (χ4n) is 2.91. The van der Waals surface area contributed by atoms with E-state index in [-0.39, 0.29) is 13.2 Å². The van der Waals surface area contributed by atoms with E-state index >= 15 is 0 Å². The van der Waals surface area contributed by atoms with E-state index in [0.29, 0.717) is 21.1 Å². The zero-order valence-electron chi connectivity index (χ0n) is 18.1. The van der Waals surface area contributed by atoms with Gasteiger partial charge in [-0.05, 0) is 52.0 Å². The van der Waals surface area contributed by atoms with Crippen LogP contribution in [0.15, 0.2) is 48.5 Å². The van der Waals surface area contributed by atoms with Crippen molar-refractivity contribution in [2.75, 3.05) is 23.8 Å². The van der Waals surface area contributed by atoms with Crippen molar-refractivity contribution < 1.29 is 19.1 Å². The molecule has 0 fully saturated rings. The summed E-state index contributed by atoms with van der Waals surface area (Å²) in [5, 5.41) is 6.59. The van der Waals surface area contributed by atoms with E-state index in [2.05, 4.69) is 10.6 Å². The molecule has 6 nitrogen and oxygen atoms in total. The van der Waals surface area contributed by atoms with Crippen molar-refractivity contribution in [3.8, 4) is 0 Å². The van der Waals surface area contributed by atoms with Gasteiger partial charge in [0.2, 0.25) is 0 Å².